The lowest BCUT2D eigenvalue weighted by atomic mass is 10.2. The Kier molecular flexibility index (Phi) is 2.45. The van der Waals surface area contributed by atoms with Crippen LogP contribution in [0.5, 0.6) is 0 Å². The maximum absolute atomic E-state index is 8.39. The van der Waals surface area contributed by atoms with Crippen molar-refractivity contribution in [2.75, 3.05) is 0 Å². The van der Waals surface area contributed by atoms with Crippen LogP contribution >= 0.6 is 11.6 Å². The highest BCUT2D eigenvalue weighted by atomic mass is 35.5. The third kappa shape index (κ3) is 1.92. The molecule has 0 radical (unpaired) electrons. The fourth-order valence-corrected chi connectivity index (χ4v) is 1.04. The van der Waals surface area contributed by atoms with Crippen molar-refractivity contribution in [1.29, 1.82) is 5.26 Å². The van der Waals surface area contributed by atoms with E-state index in [9.17, 15) is 0 Å². The molecule has 0 aliphatic heterocycles. The van der Waals surface area contributed by atoms with Gasteiger partial charge < -0.3 is 0 Å². The summed E-state index contributed by atoms with van der Waals surface area (Å²) in [5.41, 5.74) is 1.77. The van der Waals surface area contributed by atoms with Crippen molar-refractivity contribution in [3.8, 4) is 6.07 Å². The molecule has 1 heterocycles. The van der Waals surface area contributed by atoms with Crippen molar-refractivity contribution in [3.05, 3.63) is 28.5 Å². The van der Waals surface area contributed by atoms with E-state index in [0.717, 1.165) is 11.3 Å². The number of hydrogen-bond acceptors (Lipinski definition) is 2. The molecule has 1 rings (SSSR count). The molecule has 0 bridgehead atoms. The second-order valence-electron chi connectivity index (χ2n) is 2.25. The molecule has 0 N–H and O–H groups in total. The summed E-state index contributed by atoms with van der Waals surface area (Å²) in [6.07, 6.45) is 1.91. The summed E-state index contributed by atoms with van der Waals surface area (Å²) in [5.74, 6) is 0. The molecule has 3 heteroatoms. The standard InChI is InChI=1S/C8H7ClN2/c1-6-4-7(9)5-11-8(6)2-3-10/h4-5H,2H2,1H3. The highest BCUT2D eigenvalue weighted by Gasteiger charge is 1.98. The molecule has 0 aromatic carbocycles. The van der Waals surface area contributed by atoms with Crippen LogP contribution in [0, 0.1) is 18.3 Å². The van der Waals surface area contributed by atoms with Crippen LogP contribution in [-0.4, -0.2) is 4.98 Å². The second kappa shape index (κ2) is 3.36. The Hall–Kier alpha value is -1.07. The molecule has 56 valence electrons. The van der Waals surface area contributed by atoms with Gasteiger partial charge >= 0.3 is 0 Å². The van der Waals surface area contributed by atoms with Crippen molar-refractivity contribution in [2.45, 2.75) is 13.3 Å². The highest BCUT2D eigenvalue weighted by molar-refractivity contribution is 6.30. The van der Waals surface area contributed by atoms with Gasteiger partial charge in [0.05, 0.1) is 23.2 Å². The van der Waals surface area contributed by atoms with Crippen LogP contribution in [0.3, 0.4) is 0 Å². The first-order valence-electron chi connectivity index (χ1n) is 3.22. The van der Waals surface area contributed by atoms with Gasteiger partial charge in [-0.15, -0.1) is 0 Å². The quantitative estimate of drug-likeness (QED) is 0.641. The molecule has 0 spiro atoms. The zero-order valence-corrected chi connectivity index (χ0v) is 6.89. The SMILES string of the molecule is Cc1cc(Cl)cnc1CC#N. The smallest absolute Gasteiger partial charge is 0.0777 e. The molecular formula is C8H7ClN2. The number of pyridine rings is 1. The van der Waals surface area contributed by atoms with E-state index in [0.29, 0.717) is 11.4 Å². The number of halogens is 1. The number of hydrogen-bond donors (Lipinski definition) is 0. The molecule has 0 aliphatic rings. The number of nitriles is 1. The van der Waals surface area contributed by atoms with E-state index in [1.807, 2.05) is 13.0 Å². The van der Waals surface area contributed by atoms with E-state index >= 15 is 0 Å². The Bertz CT molecular complexity index is 301. The summed E-state index contributed by atoms with van der Waals surface area (Å²) in [6.45, 7) is 1.89. The molecule has 0 fully saturated rings. The molecule has 11 heavy (non-hydrogen) atoms. The van der Waals surface area contributed by atoms with E-state index in [4.69, 9.17) is 16.9 Å². The van der Waals surface area contributed by atoms with Crippen molar-refractivity contribution in [3.63, 3.8) is 0 Å². The van der Waals surface area contributed by atoms with Crippen LogP contribution in [0.2, 0.25) is 5.02 Å². The largest absolute Gasteiger partial charge is 0.258 e. The Morgan fingerprint density at radius 1 is 1.73 bits per heavy atom. The Labute approximate surface area is 70.4 Å². The van der Waals surface area contributed by atoms with E-state index in [2.05, 4.69) is 4.98 Å². The lowest BCUT2D eigenvalue weighted by Gasteiger charge is -1.98. The Morgan fingerprint density at radius 2 is 2.45 bits per heavy atom. The molecule has 0 unspecified atom stereocenters. The van der Waals surface area contributed by atoms with E-state index < -0.39 is 0 Å². The van der Waals surface area contributed by atoms with Crippen LogP contribution in [0.25, 0.3) is 0 Å². The zero-order chi connectivity index (χ0) is 8.27. The van der Waals surface area contributed by atoms with E-state index in [-0.39, 0.29) is 0 Å². The molecule has 0 aliphatic carbocycles. The molecule has 2 nitrogen and oxygen atoms in total. The van der Waals surface area contributed by atoms with Gasteiger partial charge in [0.15, 0.2) is 0 Å². The molecule has 1 aromatic rings. The minimum Gasteiger partial charge on any atom is -0.258 e. The second-order valence-corrected chi connectivity index (χ2v) is 2.69. The number of aromatic nitrogens is 1. The van der Waals surface area contributed by atoms with Crippen LogP contribution in [-0.2, 0) is 6.42 Å². The molecule has 0 atom stereocenters. The van der Waals surface area contributed by atoms with Gasteiger partial charge in [-0.2, -0.15) is 5.26 Å². The minimum absolute atomic E-state index is 0.350. The number of aryl methyl sites for hydroxylation is 1. The first-order valence-corrected chi connectivity index (χ1v) is 3.60. The van der Waals surface area contributed by atoms with E-state index in [1.54, 1.807) is 12.3 Å². The van der Waals surface area contributed by atoms with Crippen molar-refractivity contribution in [1.82, 2.24) is 4.98 Å². The highest BCUT2D eigenvalue weighted by Crippen LogP contribution is 2.11. The molecule has 1 aromatic heterocycles. The average molecular weight is 167 g/mol. The summed E-state index contributed by atoms with van der Waals surface area (Å²) >= 11 is 5.67. The van der Waals surface area contributed by atoms with Crippen molar-refractivity contribution in [2.24, 2.45) is 0 Å². The lowest BCUT2D eigenvalue weighted by Crippen LogP contribution is -1.91. The van der Waals surface area contributed by atoms with Gasteiger partial charge in [0.2, 0.25) is 0 Å². The number of nitrogens with zero attached hydrogens (tertiary/aromatic N) is 2. The topological polar surface area (TPSA) is 36.7 Å². The van der Waals surface area contributed by atoms with Gasteiger partial charge in [0.25, 0.3) is 0 Å². The first-order chi connectivity index (χ1) is 5.24. The average Bonchev–Trinajstić information content (AvgIpc) is 1.95. The fourth-order valence-electron chi connectivity index (χ4n) is 0.829. The first kappa shape index (κ1) is 8.03. The van der Waals surface area contributed by atoms with Crippen LogP contribution in [0.4, 0.5) is 0 Å². The predicted octanol–water partition coefficient (Wildman–Crippen LogP) is 2.11. The summed E-state index contributed by atoms with van der Waals surface area (Å²) in [7, 11) is 0. The summed E-state index contributed by atoms with van der Waals surface area (Å²) in [6, 6.07) is 3.85. The van der Waals surface area contributed by atoms with Crippen LogP contribution < -0.4 is 0 Å². The van der Waals surface area contributed by atoms with E-state index in [1.165, 1.54) is 0 Å². The van der Waals surface area contributed by atoms with Crippen molar-refractivity contribution < 1.29 is 0 Å². The van der Waals surface area contributed by atoms with Crippen LogP contribution in [0.1, 0.15) is 11.3 Å². The minimum atomic E-state index is 0.350. The molecule has 0 amide bonds. The van der Waals surface area contributed by atoms with Gasteiger partial charge in [0.1, 0.15) is 0 Å². The molecule has 0 saturated heterocycles. The Balaban J connectivity index is 3.01. The van der Waals surface area contributed by atoms with Gasteiger partial charge in [-0.3, -0.25) is 4.98 Å². The van der Waals surface area contributed by atoms with Gasteiger partial charge in [0, 0.05) is 6.20 Å². The third-order valence-electron chi connectivity index (χ3n) is 1.40. The lowest BCUT2D eigenvalue weighted by molar-refractivity contribution is 1.08. The number of rotatable bonds is 1. The third-order valence-corrected chi connectivity index (χ3v) is 1.61. The summed E-state index contributed by atoms with van der Waals surface area (Å²) in [5, 5.41) is 9.01. The predicted molar refractivity (Wildman–Crippen MR) is 43.3 cm³/mol. The normalized spacial score (nSPS) is 9.18. The fraction of sp³-hybridized carbons (Fsp3) is 0.250. The monoisotopic (exact) mass is 166 g/mol. The maximum Gasteiger partial charge on any atom is 0.0777 e. The summed E-state index contributed by atoms with van der Waals surface area (Å²) < 4.78 is 0. The van der Waals surface area contributed by atoms with Crippen molar-refractivity contribution >= 4 is 11.6 Å². The molecule has 0 saturated carbocycles. The van der Waals surface area contributed by atoms with Gasteiger partial charge in [-0.25, -0.2) is 0 Å². The molecular weight excluding hydrogens is 160 g/mol. The van der Waals surface area contributed by atoms with Crippen LogP contribution in [0.15, 0.2) is 12.3 Å². The van der Waals surface area contributed by atoms with Gasteiger partial charge in [-0.1, -0.05) is 11.6 Å². The van der Waals surface area contributed by atoms with Gasteiger partial charge in [-0.05, 0) is 18.6 Å². The Morgan fingerprint density at radius 3 is 3.00 bits per heavy atom. The zero-order valence-electron chi connectivity index (χ0n) is 6.13. The maximum atomic E-state index is 8.39. The summed E-state index contributed by atoms with van der Waals surface area (Å²) in [4.78, 5) is 4.01.